The molecule has 0 aromatic heterocycles. The van der Waals surface area contributed by atoms with E-state index < -0.39 is 0 Å². The number of aryl methyl sites for hydroxylation is 1. The van der Waals surface area contributed by atoms with Crippen molar-refractivity contribution < 1.29 is 14.2 Å². The predicted octanol–water partition coefficient (Wildman–Crippen LogP) is 3.02. The van der Waals surface area contributed by atoms with Gasteiger partial charge in [0.1, 0.15) is 0 Å². The lowest BCUT2D eigenvalue weighted by atomic mass is 9.83. The summed E-state index contributed by atoms with van der Waals surface area (Å²) in [4.78, 5) is 0. The molecule has 0 fully saturated rings. The molecule has 0 saturated carbocycles. The Kier molecular flexibility index (Phi) is 6.14. The Hall–Kier alpha value is -1.42. The van der Waals surface area contributed by atoms with Gasteiger partial charge >= 0.3 is 0 Å². The van der Waals surface area contributed by atoms with Gasteiger partial charge in [0.25, 0.3) is 0 Å². The van der Waals surface area contributed by atoms with Crippen molar-refractivity contribution in [3.8, 4) is 17.2 Å². The van der Waals surface area contributed by atoms with Crippen molar-refractivity contribution in [2.45, 2.75) is 33.1 Å². The lowest BCUT2D eigenvalue weighted by Gasteiger charge is -2.24. The Morgan fingerprint density at radius 2 is 1.60 bits per heavy atom. The van der Waals surface area contributed by atoms with E-state index in [-0.39, 0.29) is 5.41 Å². The van der Waals surface area contributed by atoms with Gasteiger partial charge in [0, 0.05) is 0 Å². The van der Waals surface area contributed by atoms with E-state index in [1.54, 1.807) is 21.3 Å². The average molecular weight is 281 g/mol. The maximum Gasteiger partial charge on any atom is 0.203 e. The summed E-state index contributed by atoms with van der Waals surface area (Å²) < 4.78 is 16.2. The molecule has 20 heavy (non-hydrogen) atoms. The highest BCUT2D eigenvalue weighted by Crippen LogP contribution is 2.41. The molecule has 0 aliphatic carbocycles. The third-order valence-corrected chi connectivity index (χ3v) is 3.68. The zero-order valence-corrected chi connectivity index (χ0v) is 13.3. The maximum atomic E-state index is 5.66. The van der Waals surface area contributed by atoms with Crippen LogP contribution in [0.5, 0.6) is 17.2 Å². The molecule has 1 aromatic carbocycles. The molecule has 0 aliphatic heterocycles. The summed E-state index contributed by atoms with van der Waals surface area (Å²) in [5.74, 6) is 2.11. The SMILES string of the molecule is COc1ccc(CCC(C)(C)CCN)c(OC)c1OC. The van der Waals surface area contributed by atoms with Crippen LogP contribution in [0.2, 0.25) is 0 Å². The number of methoxy groups -OCH3 is 3. The number of hydrogen-bond acceptors (Lipinski definition) is 4. The minimum absolute atomic E-state index is 0.229. The van der Waals surface area contributed by atoms with Crippen LogP contribution in [0.3, 0.4) is 0 Å². The smallest absolute Gasteiger partial charge is 0.203 e. The minimum Gasteiger partial charge on any atom is -0.493 e. The zero-order valence-electron chi connectivity index (χ0n) is 13.3. The van der Waals surface area contributed by atoms with E-state index in [9.17, 15) is 0 Å². The van der Waals surface area contributed by atoms with Crippen molar-refractivity contribution in [1.29, 1.82) is 0 Å². The second-order valence-corrected chi connectivity index (χ2v) is 5.70. The molecule has 0 saturated heterocycles. The summed E-state index contributed by atoms with van der Waals surface area (Å²) in [6, 6.07) is 3.96. The van der Waals surface area contributed by atoms with Gasteiger partial charge in [-0.05, 0) is 42.9 Å². The molecular formula is C16H27NO3. The number of hydrogen-bond donors (Lipinski definition) is 1. The van der Waals surface area contributed by atoms with Gasteiger partial charge in [-0.2, -0.15) is 0 Å². The van der Waals surface area contributed by atoms with Crippen molar-refractivity contribution in [2.24, 2.45) is 11.1 Å². The Morgan fingerprint density at radius 1 is 0.950 bits per heavy atom. The first-order valence-electron chi connectivity index (χ1n) is 6.97. The molecule has 0 aliphatic rings. The van der Waals surface area contributed by atoms with Gasteiger partial charge in [-0.1, -0.05) is 19.9 Å². The average Bonchev–Trinajstić information content (AvgIpc) is 2.43. The van der Waals surface area contributed by atoms with E-state index in [0.29, 0.717) is 11.5 Å². The summed E-state index contributed by atoms with van der Waals surface area (Å²) in [6.07, 6.45) is 3.00. The fourth-order valence-electron chi connectivity index (χ4n) is 2.35. The summed E-state index contributed by atoms with van der Waals surface area (Å²) in [5.41, 5.74) is 7.03. The quantitative estimate of drug-likeness (QED) is 0.796. The third-order valence-electron chi connectivity index (χ3n) is 3.68. The van der Waals surface area contributed by atoms with Crippen LogP contribution >= 0.6 is 0 Å². The van der Waals surface area contributed by atoms with E-state index in [0.717, 1.165) is 37.1 Å². The highest BCUT2D eigenvalue weighted by molar-refractivity contribution is 5.55. The van der Waals surface area contributed by atoms with E-state index in [4.69, 9.17) is 19.9 Å². The fourth-order valence-corrected chi connectivity index (χ4v) is 2.35. The first kappa shape index (κ1) is 16.6. The number of rotatable bonds is 8. The van der Waals surface area contributed by atoms with Crippen LogP contribution in [0.4, 0.5) is 0 Å². The highest BCUT2D eigenvalue weighted by atomic mass is 16.5. The van der Waals surface area contributed by atoms with Crippen LogP contribution in [0.15, 0.2) is 12.1 Å². The lowest BCUT2D eigenvalue weighted by Crippen LogP contribution is -2.18. The molecule has 0 unspecified atom stereocenters. The van der Waals surface area contributed by atoms with Gasteiger partial charge in [0.2, 0.25) is 5.75 Å². The number of ether oxygens (including phenoxy) is 3. The largest absolute Gasteiger partial charge is 0.493 e. The van der Waals surface area contributed by atoms with E-state index in [2.05, 4.69) is 13.8 Å². The molecule has 1 aromatic rings. The van der Waals surface area contributed by atoms with Crippen LogP contribution in [0, 0.1) is 5.41 Å². The van der Waals surface area contributed by atoms with Crippen LogP contribution in [-0.2, 0) is 6.42 Å². The summed E-state index contributed by atoms with van der Waals surface area (Å²) in [5, 5.41) is 0. The standard InChI is InChI=1S/C16H27NO3/c1-16(2,10-11-17)9-8-12-6-7-13(18-3)15(20-5)14(12)19-4/h6-7H,8-11,17H2,1-5H3. The second kappa shape index (κ2) is 7.39. The fraction of sp³-hybridized carbons (Fsp3) is 0.625. The molecule has 1 rings (SSSR count). The van der Waals surface area contributed by atoms with Crippen LogP contribution < -0.4 is 19.9 Å². The molecule has 0 atom stereocenters. The van der Waals surface area contributed by atoms with Crippen molar-refractivity contribution in [1.82, 2.24) is 0 Å². The Balaban J connectivity index is 2.95. The normalized spacial score (nSPS) is 11.3. The molecule has 0 bridgehead atoms. The van der Waals surface area contributed by atoms with E-state index in [1.807, 2.05) is 12.1 Å². The van der Waals surface area contributed by atoms with Gasteiger partial charge in [0.15, 0.2) is 11.5 Å². The van der Waals surface area contributed by atoms with Crippen molar-refractivity contribution in [3.63, 3.8) is 0 Å². The predicted molar refractivity (Wildman–Crippen MR) is 81.9 cm³/mol. The number of benzene rings is 1. The summed E-state index contributed by atoms with van der Waals surface area (Å²) in [7, 11) is 4.91. The zero-order chi connectivity index (χ0) is 15.2. The molecule has 4 heteroatoms. The molecule has 0 radical (unpaired) electrons. The Labute approximate surface area is 122 Å². The van der Waals surface area contributed by atoms with Gasteiger partial charge in [-0.15, -0.1) is 0 Å². The maximum absolute atomic E-state index is 5.66. The van der Waals surface area contributed by atoms with Crippen LogP contribution in [-0.4, -0.2) is 27.9 Å². The molecule has 114 valence electrons. The van der Waals surface area contributed by atoms with Gasteiger partial charge < -0.3 is 19.9 Å². The summed E-state index contributed by atoms with van der Waals surface area (Å²) >= 11 is 0. The Bertz CT molecular complexity index is 430. The van der Waals surface area contributed by atoms with Crippen molar-refractivity contribution >= 4 is 0 Å². The monoisotopic (exact) mass is 281 g/mol. The van der Waals surface area contributed by atoms with Crippen molar-refractivity contribution in [2.75, 3.05) is 27.9 Å². The van der Waals surface area contributed by atoms with Gasteiger partial charge in [-0.25, -0.2) is 0 Å². The third kappa shape index (κ3) is 4.04. The van der Waals surface area contributed by atoms with E-state index >= 15 is 0 Å². The van der Waals surface area contributed by atoms with Gasteiger partial charge in [0.05, 0.1) is 21.3 Å². The molecule has 0 amide bonds. The lowest BCUT2D eigenvalue weighted by molar-refractivity contribution is 0.304. The minimum atomic E-state index is 0.229. The second-order valence-electron chi connectivity index (χ2n) is 5.70. The van der Waals surface area contributed by atoms with Gasteiger partial charge in [-0.3, -0.25) is 0 Å². The molecule has 0 spiro atoms. The first-order chi connectivity index (χ1) is 9.49. The van der Waals surface area contributed by atoms with Crippen LogP contribution in [0.1, 0.15) is 32.3 Å². The Morgan fingerprint density at radius 3 is 2.10 bits per heavy atom. The molecule has 4 nitrogen and oxygen atoms in total. The molecule has 0 heterocycles. The molecular weight excluding hydrogens is 254 g/mol. The molecule has 2 N–H and O–H groups in total. The summed E-state index contributed by atoms with van der Waals surface area (Å²) in [6.45, 7) is 5.20. The van der Waals surface area contributed by atoms with E-state index in [1.165, 1.54) is 0 Å². The first-order valence-corrected chi connectivity index (χ1v) is 6.97. The number of nitrogens with two attached hydrogens (primary N) is 1. The topological polar surface area (TPSA) is 53.7 Å². The highest BCUT2D eigenvalue weighted by Gasteiger charge is 2.20. The van der Waals surface area contributed by atoms with Crippen molar-refractivity contribution in [3.05, 3.63) is 17.7 Å². The van der Waals surface area contributed by atoms with Crippen LogP contribution in [0.25, 0.3) is 0 Å².